The van der Waals surface area contributed by atoms with E-state index in [1.165, 1.54) is 0 Å². The summed E-state index contributed by atoms with van der Waals surface area (Å²) < 4.78 is 17.3. The second-order valence-electron chi connectivity index (χ2n) is 4.61. The Balaban J connectivity index is 2.10. The molecule has 0 aromatic heterocycles. The van der Waals surface area contributed by atoms with Crippen LogP contribution < -0.4 is 0 Å². The van der Waals surface area contributed by atoms with Gasteiger partial charge in [-0.3, -0.25) is 0 Å². The molecule has 3 nitrogen and oxygen atoms in total. The van der Waals surface area contributed by atoms with Crippen molar-refractivity contribution in [3.05, 3.63) is 0 Å². The van der Waals surface area contributed by atoms with E-state index in [1.54, 1.807) is 0 Å². The van der Waals surface area contributed by atoms with Gasteiger partial charge in [0.1, 0.15) is 4.83 Å². The molecule has 1 unspecified atom stereocenters. The van der Waals surface area contributed by atoms with Crippen LogP contribution in [0.1, 0.15) is 13.8 Å². The zero-order valence-electron chi connectivity index (χ0n) is 8.96. The van der Waals surface area contributed by atoms with Crippen LogP contribution in [0.2, 0.25) is 0 Å². The molecule has 0 spiro atoms. The number of alkyl halides is 2. The Morgan fingerprint density at radius 2 is 1.60 bits per heavy atom. The zero-order valence-corrected chi connectivity index (χ0v) is 12.1. The van der Waals surface area contributed by atoms with Crippen molar-refractivity contribution in [3.8, 4) is 0 Å². The van der Waals surface area contributed by atoms with E-state index in [0.717, 1.165) is 25.2 Å². The molecule has 3 aliphatic heterocycles. The third-order valence-corrected chi connectivity index (χ3v) is 5.83. The second kappa shape index (κ2) is 4.26. The van der Waals surface area contributed by atoms with Gasteiger partial charge in [0.15, 0.2) is 0 Å². The lowest BCUT2D eigenvalue weighted by atomic mass is 9.78. The third-order valence-electron chi connectivity index (χ3n) is 3.43. The van der Waals surface area contributed by atoms with E-state index in [4.69, 9.17) is 14.2 Å². The van der Waals surface area contributed by atoms with Crippen molar-refractivity contribution in [2.75, 3.05) is 25.2 Å². The van der Waals surface area contributed by atoms with E-state index in [-0.39, 0.29) is 10.2 Å². The van der Waals surface area contributed by atoms with E-state index >= 15 is 0 Å². The fourth-order valence-corrected chi connectivity index (χ4v) is 2.64. The predicted molar refractivity (Wildman–Crippen MR) is 64.4 cm³/mol. The first-order chi connectivity index (χ1) is 7.05. The van der Waals surface area contributed by atoms with E-state index < -0.39 is 5.97 Å². The largest absolute Gasteiger partial charge is 0.326 e. The molecule has 3 heterocycles. The highest BCUT2D eigenvalue weighted by atomic mass is 79.9. The van der Waals surface area contributed by atoms with Gasteiger partial charge >= 0.3 is 0 Å². The van der Waals surface area contributed by atoms with Crippen molar-refractivity contribution in [2.24, 2.45) is 11.3 Å². The van der Waals surface area contributed by atoms with Gasteiger partial charge in [-0.2, -0.15) is 0 Å². The van der Waals surface area contributed by atoms with Gasteiger partial charge in [-0.05, 0) is 5.92 Å². The smallest absolute Gasteiger partial charge is 0.297 e. The summed E-state index contributed by atoms with van der Waals surface area (Å²) in [7, 11) is 0. The first-order valence-corrected chi connectivity index (χ1v) is 7.20. The molecule has 3 rings (SSSR count). The highest BCUT2D eigenvalue weighted by molar-refractivity contribution is 9.12. The highest BCUT2D eigenvalue weighted by Gasteiger charge is 2.56. The highest BCUT2D eigenvalue weighted by Crippen LogP contribution is 2.45. The van der Waals surface area contributed by atoms with Crippen molar-refractivity contribution in [1.29, 1.82) is 0 Å². The van der Waals surface area contributed by atoms with E-state index in [9.17, 15) is 0 Å². The monoisotopic (exact) mass is 342 g/mol. The molecular formula is C10H16Br2O3. The van der Waals surface area contributed by atoms with Crippen LogP contribution in [-0.4, -0.2) is 36.0 Å². The second-order valence-corrected chi connectivity index (χ2v) is 6.36. The first-order valence-electron chi connectivity index (χ1n) is 5.16. The minimum Gasteiger partial charge on any atom is -0.326 e. The fraction of sp³-hybridized carbons (Fsp3) is 1.00. The Morgan fingerprint density at radius 3 is 1.93 bits per heavy atom. The quantitative estimate of drug-likeness (QED) is 0.737. The fourth-order valence-electron chi connectivity index (χ4n) is 1.85. The molecule has 5 heteroatoms. The molecular weight excluding hydrogens is 328 g/mol. The molecule has 3 aliphatic rings. The Hall–Kier alpha value is 0.840. The molecule has 3 saturated heterocycles. The van der Waals surface area contributed by atoms with Crippen molar-refractivity contribution >= 4 is 31.9 Å². The maximum atomic E-state index is 5.76. The Labute approximate surface area is 107 Å². The molecule has 0 amide bonds. The summed E-state index contributed by atoms with van der Waals surface area (Å²) in [5.74, 6) is -0.367. The summed E-state index contributed by atoms with van der Waals surface area (Å²) in [5.41, 5.74) is 0.0424. The zero-order chi connectivity index (χ0) is 11.1. The number of halogens is 2. The Morgan fingerprint density at radius 1 is 1.13 bits per heavy atom. The lowest BCUT2D eigenvalue weighted by molar-refractivity contribution is -0.469. The molecule has 0 N–H and O–H groups in total. The molecule has 1 atom stereocenters. The average Bonchev–Trinajstić information content (AvgIpc) is 2.30. The van der Waals surface area contributed by atoms with E-state index in [1.807, 2.05) is 0 Å². The topological polar surface area (TPSA) is 27.7 Å². The predicted octanol–water partition coefficient (Wildman–Crippen LogP) is 2.52. The van der Waals surface area contributed by atoms with Crippen LogP contribution in [0.3, 0.4) is 0 Å². The summed E-state index contributed by atoms with van der Waals surface area (Å²) in [6.45, 7) is 6.54. The summed E-state index contributed by atoms with van der Waals surface area (Å²) in [5, 5.41) is 0.738. The van der Waals surface area contributed by atoms with Crippen LogP contribution in [-0.2, 0) is 14.2 Å². The third kappa shape index (κ3) is 1.90. The summed E-state index contributed by atoms with van der Waals surface area (Å²) in [6, 6.07) is 0. The van der Waals surface area contributed by atoms with Gasteiger partial charge < -0.3 is 14.2 Å². The lowest BCUT2D eigenvalue weighted by Gasteiger charge is -2.54. The van der Waals surface area contributed by atoms with Crippen molar-refractivity contribution in [3.63, 3.8) is 0 Å². The molecule has 88 valence electrons. The Kier molecular flexibility index (Phi) is 3.49. The molecule has 0 aromatic rings. The number of hydrogen-bond donors (Lipinski definition) is 0. The maximum absolute atomic E-state index is 5.76. The Bertz CT molecular complexity index is 220. The van der Waals surface area contributed by atoms with Crippen molar-refractivity contribution < 1.29 is 14.2 Å². The molecule has 0 saturated carbocycles. The standard InChI is InChI=1S/C10H16Br2O3/c1-7(2)9-4-13-10(14-5-9,15-6-9)8(12)3-11/h7-8H,3-6H2,1-2H3. The number of hydrogen-bond acceptors (Lipinski definition) is 3. The molecule has 2 bridgehead atoms. The SMILES string of the molecule is CC(C)C12COC(C(Br)CBr)(OC1)OC2. The van der Waals surface area contributed by atoms with Crippen molar-refractivity contribution in [1.82, 2.24) is 0 Å². The van der Waals surface area contributed by atoms with Gasteiger partial charge in [0.25, 0.3) is 5.97 Å². The summed E-state index contributed by atoms with van der Waals surface area (Å²) in [4.78, 5) is 0.0236. The number of rotatable bonds is 3. The van der Waals surface area contributed by atoms with Crippen molar-refractivity contribution in [2.45, 2.75) is 24.6 Å². The average molecular weight is 344 g/mol. The molecule has 0 aliphatic carbocycles. The van der Waals surface area contributed by atoms with Gasteiger partial charge in [-0.25, -0.2) is 0 Å². The minimum absolute atomic E-state index is 0.0236. The van der Waals surface area contributed by atoms with Gasteiger partial charge in [-0.1, -0.05) is 45.7 Å². The van der Waals surface area contributed by atoms with Crippen LogP contribution >= 0.6 is 31.9 Å². The van der Waals surface area contributed by atoms with Crippen LogP contribution in [0.4, 0.5) is 0 Å². The lowest BCUT2D eigenvalue weighted by Crippen LogP contribution is -2.65. The molecule has 0 radical (unpaired) electrons. The summed E-state index contributed by atoms with van der Waals surface area (Å²) in [6.07, 6.45) is 0. The summed E-state index contributed by atoms with van der Waals surface area (Å²) >= 11 is 6.91. The number of fused-ring (bicyclic) bond motifs is 3. The van der Waals surface area contributed by atoms with E-state index in [0.29, 0.717) is 5.92 Å². The van der Waals surface area contributed by atoms with Gasteiger partial charge in [-0.15, -0.1) is 0 Å². The normalized spacial score (nSPS) is 42.2. The minimum atomic E-state index is -0.875. The first kappa shape index (κ1) is 12.3. The van der Waals surface area contributed by atoms with Gasteiger partial charge in [0.05, 0.1) is 19.8 Å². The van der Waals surface area contributed by atoms with Gasteiger partial charge in [0, 0.05) is 10.7 Å². The van der Waals surface area contributed by atoms with Crippen LogP contribution in [0, 0.1) is 11.3 Å². The van der Waals surface area contributed by atoms with Crippen LogP contribution in [0.5, 0.6) is 0 Å². The van der Waals surface area contributed by atoms with Crippen LogP contribution in [0.15, 0.2) is 0 Å². The van der Waals surface area contributed by atoms with Crippen LogP contribution in [0.25, 0.3) is 0 Å². The maximum Gasteiger partial charge on any atom is 0.297 e. The molecule has 15 heavy (non-hydrogen) atoms. The van der Waals surface area contributed by atoms with Gasteiger partial charge in [0.2, 0.25) is 0 Å². The number of ether oxygens (including phenoxy) is 3. The molecule has 0 aromatic carbocycles. The van der Waals surface area contributed by atoms with E-state index in [2.05, 4.69) is 45.7 Å². The molecule has 3 fully saturated rings.